The molecule has 0 aliphatic carbocycles. The lowest BCUT2D eigenvalue weighted by Gasteiger charge is -2.26. The fraction of sp³-hybridized carbons (Fsp3) is 0.474. The fourth-order valence-electron chi connectivity index (χ4n) is 2.87. The second-order valence-corrected chi connectivity index (χ2v) is 6.42. The molecule has 1 heterocycles. The van der Waals surface area contributed by atoms with Crippen LogP contribution in [0.2, 0.25) is 0 Å². The van der Waals surface area contributed by atoms with Crippen molar-refractivity contribution in [2.24, 2.45) is 0 Å². The molecule has 3 nitrogen and oxygen atoms in total. The second kappa shape index (κ2) is 7.12. The SMILES string of the molecule is Cc1cc(C)c(C(C)NCC(c2ccco2)N(C)C)cc1C. The Bertz CT molecular complexity index is 602. The summed E-state index contributed by atoms with van der Waals surface area (Å²) in [6.07, 6.45) is 1.74. The first-order valence-electron chi connectivity index (χ1n) is 7.91. The van der Waals surface area contributed by atoms with Gasteiger partial charge in [-0.15, -0.1) is 0 Å². The van der Waals surface area contributed by atoms with Crippen LogP contribution in [0, 0.1) is 20.8 Å². The minimum Gasteiger partial charge on any atom is -0.468 e. The molecule has 2 aromatic rings. The topological polar surface area (TPSA) is 28.4 Å². The molecule has 22 heavy (non-hydrogen) atoms. The van der Waals surface area contributed by atoms with Gasteiger partial charge in [0.15, 0.2) is 0 Å². The molecular formula is C19H28N2O. The van der Waals surface area contributed by atoms with Crippen LogP contribution < -0.4 is 5.32 Å². The van der Waals surface area contributed by atoms with E-state index in [1.54, 1.807) is 6.26 Å². The van der Waals surface area contributed by atoms with Crippen LogP contribution in [0.5, 0.6) is 0 Å². The molecule has 1 aromatic heterocycles. The molecule has 120 valence electrons. The number of hydrogen-bond acceptors (Lipinski definition) is 3. The van der Waals surface area contributed by atoms with Crippen LogP contribution in [0.3, 0.4) is 0 Å². The van der Waals surface area contributed by atoms with Gasteiger partial charge in [-0.2, -0.15) is 0 Å². The quantitative estimate of drug-likeness (QED) is 0.868. The lowest BCUT2D eigenvalue weighted by atomic mass is 9.96. The summed E-state index contributed by atoms with van der Waals surface area (Å²) < 4.78 is 5.57. The van der Waals surface area contributed by atoms with E-state index in [0.717, 1.165) is 12.3 Å². The van der Waals surface area contributed by atoms with Crippen LogP contribution in [0.15, 0.2) is 34.9 Å². The van der Waals surface area contributed by atoms with Crippen molar-refractivity contribution in [1.82, 2.24) is 10.2 Å². The number of nitrogens with one attached hydrogen (secondary N) is 1. The van der Waals surface area contributed by atoms with Gasteiger partial charge in [0.2, 0.25) is 0 Å². The maximum absolute atomic E-state index is 5.57. The molecule has 2 rings (SSSR count). The summed E-state index contributed by atoms with van der Waals surface area (Å²) in [7, 11) is 4.17. The lowest BCUT2D eigenvalue weighted by Crippen LogP contribution is -2.32. The van der Waals surface area contributed by atoms with Crippen molar-refractivity contribution in [1.29, 1.82) is 0 Å². The van der Waals surface area contributed by atoms with Crippen molar-refractivity contribution in [3.63, 3.8) is 0 Å². The molecule has 0 bridgehead atoms. The molecule has 1 aromatic carbocycles. The number of hydrogen-bond donors (Lipinski definition) is 1. The average Bonchev–Trinajstić information content (AvgIpc) is 2.96. The van der Waals surface area contributed by atoms with Gasteiger partial charge in [0, 0.05) is 12.6 Å². The maximum Gasteiger partial charge on any atom is 0.122 e. The highest BCUT2D eigenvalue weighted by Crippen LogP contribution is 2.23. The van der Waals surface area contributed by atoms with Crippen LogP contribution in [0.4, 0.5) is 0 Å². The Morgan fingerprint density at radius 1 is 1.09 bits per heavy atom. The minimum absolute atomic E-state index is 0.240. The van der Waals surface area contributed by atoms with Gasteiger partial charge in [-0.3, -0.25) is 4.90 Å². The van der Waals surface area contributed by atoms with Crippen molar-refractivity contribution in [2.45, 2.75) is 39.8 Å². The number of benzene rings is 1. The van der Waals surface area contributed by atoms with Crippen LogP contribution in [0.25, 0.3) is 0 Å². The van der Waals surface area contributed by atoms with Gasteiger partial charge in [0.25, 0.3) is 0 Å². The summed E-state index contributed by atoms with van der Waals surface area (Å²) in [4.78, 5) is 2.19. The molecular weight excluding hydrogens is 272 g/mol. The number of aryl methyl sites for hydroxylation is 3. The average molecular weight is 300 g/mol. The van der Waals surface area contributed by atoms with E-state index in [1.807, 2.05) is 12.1 Å². The van der Waals surface area contributed by atoms with Crippen LogP contribution >= 0.6 is 0 Å². The van der Waals surface area contributed by atoms with E-state index >= 15 is 0 Å². The van der Waals surface area contributed by atoms with Gasteiger partial charge in [0.1, 0.15) is 5.76 Å². The first-order chi connectivity index (χ1) is 10.4. The van der Waals surface area contributed by atoms with Crippen LogP contribution in [-0.4, -0.2) is 25.5 Å². The Morgan fingerprint density at radius 2 is 1.77 bits per heavy atom. The Morgan fingerprint density at radius 3 is 2.36 bits per heavy atom. The van der Waals surface area contributed by atoms with E-state index in [0.29, 0.717) is 6.04 Å². The van der Waals surface area contributed by atoms with Gasteiger partial charge in [-0.25, -0.2) is 0 Å². The van der Waals surface area contributed by atoms with E-state index in [2.05, 4.69) is 64.1 Å². The molecule has 0 amide bonds. The van der Waals surface area contributed by atoms with Gasteiger partial charge in [-0.05, 0) is 76.2 Å². The van der Waals surface area contributed by atoms with Crippen molar-refractivity contribution in [3.05, 3.63) is 58.5 Å². The summed E-state index contributed by atoms with van der Waals surface area (Å²) in [6, 6.07) is 9.13. The van der Waals surface area contributed by atoms with E-state index in [9.17, 15) is 0 Å². The Balaban J connectivity index is 2.08. The summed E-state index contributed by atoms with van der Waals surface area (Å²) in [5.41, 5.74) is 5.43. The zero-order valence-corrected chi connectivity index (χ0v) is 14.6. The third-order valence-electron chi connectivity index (χ3n) is 4.46. The number of likely N-dealkylation sites (N-methyl/N-ethyl adjacent to an activating group) is 1. The zero-order chi connectivity index (χ0) is 16.3. The molecule has 0 aliphatic heterocycles. The molecule has 1 N–H and O–H groups in total. The van der Waals surface area contributed by atoms with Crippen LogP contribution in [-0.2, 0) is 0 Å². The predicted octanol–water partition coefficient (Wildman–Crippen LogP) is 4.16. The molecule has 3 heteroatoms. The third kappa shape index (κ3) is 3.79. The molecule has 0 radical (unpaired) electrons. The highest BCUT2D eigenvalue weighted by molar-refractivity contribution is 5.38. The van der Waals surface area contributed by atoms with Gasteiger partial charge in [0.05, 0.1) is 12.3 Å². The molecule has 2 atom stereocenters. The van der Waals surface area contributed by atoms with E-state index in [-0.39, 0.29) is 6.04 Å². The summed E-state index contributed by atoms with van der Waals surface area (Å²) in [5.74, 6) is 1.00. The number of nitrogens with zero attached hydrogens (tertiary/aromatic N) is 1. The number of furan rings is 1. The Labute approximate surface area is 134 Å². The highest BCUT2D eigenvalue weighted by Gasteiger charge is 2.18. The molecule has 2 unspecified atom stereocenters. The van der Waals surface area contributed by atoms with E-state index < -0.39 is 0 Å². The normalized spacial score (nSPS) is 14.3. The summed E-state index contributed by atoms with van der Waals surface area (Å²) >= 11 is 0. The maximum atomic E-state index is 5.57. The largest absolute Gasteiger partial charge is 0.468 e. The van der Waals surface area contributed by atoms with Crippen LogP contribution in [0.1, 0.15) is 47.0 Å². The predicted molar refractivity (Wildman–Crippen MR) is 92.2 cm³/mol. The lowest BCUT2D eigenvalue weighted by molar-refractivity contribution is 0.245. The molecule has 0 fully saturated rings. The van der Waals surface area contributed by atoms with Crippen molar-refractivity contribution in [2.75, 3.05) is 20.6 Å². The molecule has 0 saturated carbocycles. The van der Waals surface area contributed by atoms with Gasteiger partial charge in [-0.1, -0.05) is 12.1 Å². The second-order valence-electron chi connectivity index (χ2n) is 6.42. The smallest absolute Gasteiger partial charge is 0.122 e. The van der Waals surface area contributed by atoms with Crippen molar-refractivity contribution < 1.29 is 4.42 Å². The molecule has 0 spiro atoms. The van der Waals surface area contributed by atoms with E-state index in [4.69, 9.17) is 4.42 Å². The van der Waals surface area contributed by atoms with E-state index in [1.165, 1.54) is 22.3 Å². The number of rotatable bonds is 6. The van der Waals surface area contributed by atoms with Gasteiger partial charge < -0.3 is 9.73 Å². The first-order valence-corrected chi connectivity index (χ1v) is 7.91. The molecule has 0 aliphatic rings. The van der Waals surface area contributed by atoms with Gasteiger partial charge >= 0.3 is 0 Å². The Kier molecular flexibility index (Phi) is 5.43. The fourth-order valence-corrected chi connectivity index (χ4v) is 2.87. The summed E-state index contributed by atoms with van der Waals surface area (Å²) in [5, 5.41) is 3.65. The Hall–Kier alpha value is -1.58. The zero-order valence-electron chi connectivity index (χ0n) is 14.6. The summed E-state index contributed by atoms with van der Waals surface area (Å²) in [6.45, 7) is 9.62. The van der Waals surface area contributed by atoms with Crippen molar-refractivity contribution in [3.8, 4) is 0 Å². The monoisotopic (exact) mass is 300 g/mol. The van der Waals surface area contributed by atoms with Crippen molar-refractivity contribution >= 4 is 0 Å². The minimum atomic E-state index is 0.240. The molecule has 0 saturated heterocycles. The standard InChI is InChI=1S/C19H28N2O/c1-13-10-15(3)17(11-14(13)2)16(4)20-12-18(21(5)6)19-8-7-9-22-19/h7-11,16,18,20H,12H2,1-6H3. The third-order valence-corrected chi connectivity index (χ3v) is 4.46. The first kappa shape index (κ1) is 16.8. The highest BCUT2D eigenvalue weighted by atomic mass is 16.3.